The van der Waals surface area contributed by atoms with E-state index >= 15 is 0 Å². The number of aliphatic hydroxyl groups is 1. The lowest BCUT2D eigenvalue weighted by Gasteiger charge is -2.18. The van der Waals surface area contributed by atoms with E-state index in [0.717, 1.165) is 18.2 Å². The summed E-state index contributed by atoms with van der Waals surface area (Å²) in [5.74, 6) is -0.317. The molecule has 7 heteroatoms. The van der Waals surface area contributed by atoms with Crippen LogP contribution in [0.5, 0.6) is 0 Å². The van der Waals surface area contributed by atoms with E-state index in [0.29, 0.717) is 0 Å². The predicted octanol–water partition coefficient (Wildman–Crippen LogP) is 1.87. The summed E-state index contributed by atoms with van der Waals surface area (Å²) in [6.07, 6.45) is -4.13. The molecule has 0 saturated carbocycles. The molecule has 21 heavy (non-hydrogen) atoms. The van der Waals surface area contributed by atoms with Crippen molar-refractivity contribution in [1.82, 2.24) is 4.90 Å². The van der Waals surface area contributed by atoms with Crippen LogP contribution in [0.25, 0.3) is 0 Å². The molecule has 1 heterocycles. The maximum atomic E-state index is 12.6. The maximum Gasteiger partial charge on any atom is 0.416 e. The third-order valence-corrected chi connectivity index (χ3v) is 3.32. The topological polar surface area (TPSA) is 52.6 Å². The van der Waals surface area contributed by atoms with Crippen LogP contribution < -0.4 is 5.32 Å². The maximum absolute atomic E-state index is 12.6. The summed E-state index contributed by atoms with van der Waals surface area (Å²) >= 11 is 0. The first-order chi connectivity index (χ1) is 9.81. The Morgan fingerprint density at radius 2 is 2.14 bits per heavy atom. The first-order valence-corrected chi connectivity index (χ1v) is 6.34. The van der Waals surface area contributed by atoms with Crippen molar-refractivity contribution in [2.24, 2.45) is 0 Å². The van der Waals surface area contributed by atoms with Crippen LogP contribution in [0.1, 0.15) is 5.56 Å². The molecule has 1 saturated heterocycles. The molecule has 0 radical (unpaired) electrons. The number of rotatable bonds is 3. The van der Waals surface area contributed by atoms with Gasteiger partial charge in [-0.05, 0) is 24.3 Å². The van der Waals surface area contributed by atoms with E-state index in [2.05, 4.69) is 11.9 Å². The molecule has 1 amide bonds. The number of benzene rings is 1. The first kappa shape index (κ1) is 15.4. The molecule has 1 fully saturated rings. The summed E-state index contributed by atoms with van der Waals surface area (Å²) in [5, 5.41) is 12.7. The van der Waals surface area contributed by atoms with E-state index in [1.54, 1.807) is 0 Å². The lowest BCUT2D eigenvalue weighted by molar-refractivity contribution is -0.137. The normalized spacial score (nSPS) is 22.2. The number of likely N-dealkylation sites (tertiary alicyclic amines) is 1. The third kappa shape index (κ3) is 3.55. The summed E-state index contributed by atoms with van der Waals surface area (Å²) in [6.45, 7) is 3.70. The van der Waals surface area contributed by atoms with Crippen molar-refractivity contribution in [3.05, 3.63) is 42.5 Å². The second-order valence-corrected chi connectivity index (χ2v) is 4.84. The Hall–Kier alpha value is -2.02. The molecule has 0 bridgehead atoms. The van der Waals surface area contributed by atoms with E-state index in [9.17, 15) is 23.1 Å². The summed E-state index contributed by atoms with van der Waals surface area (Å²) in [5.41, 5.74) is -0.513. The number of amides is 1. The number of β-amino-alcohol motifs (C(OH)–C–C–N with tert-alkyl or cyclic N) is 1. The number of nitrogens with zero attached hydrogens (tertiary/aromatic N) is 1. The van der Waals surface area contributed by atoms with E-state index in [-0.39, 0.29) is 24.7 Å². The van der Waals surface area contributed by atoms with Crippen LogP contribution in [0.2, 0.25) is 0 Å². The highest BCUT2D eigenvalue weighted by Crippen LogP contribution is 2.31. The summed E-state index contributed by atoms with van der Waals surface area (Å²) in [6, 6.07) is 4.21. The number of hydrogen-bond acceptors (Lipinski definition) is 3. The van der Waals surface area contributed by atoms with Gasteiger partial charge in [0.25, 0.3) is 0 Å². The molecule has 4 nitrogen and oxygen atoms in total. The molecular weight excluding hydrogens is 285 g/mol. The van der Waals surface area contributed by atoms with Gasteiger partial charge < -0.3 is 15.3 Å². The second kappa shape index (κ2) is 5.77. The fraction of sp³-hybridized carbons (Fsp3) is 0.357. The molecule has 2 rings (SSSR count). The quantitative estimate of drug-likeness (QED) is 0.838. The highest BCUT2D eigenvalue weighted by molar-refractivity contribution is 5.87. The molecule has 1 aliphatic rings. The molecular formula is C14H15F3N2O2. The standard InChI is InChI=1S/C14H15F3N2O2/c1-2-13(21)19-7-11(12(20)8-19)18-10-5-3-4-9(6-10)14(15,16)17/h2-6,11-12,18,20H,1,7-8H2/t11-,12-/m1/s1. The number of anilines is 1. The van der Waals surface area contributed by atoms with Crippen molar-refractivity contribution in [2.45, 2.75) is 18.3 Å². The van der Waals surface area contributed by atoms with Crippen molar-refractivity contribution in [3.8, 4) is 0 Å². The Bertz CT molecular complexity index is 545. The van der Waals surface area contributed by atoms with Crippen LogP contribution in [-0.4, -0.2) is 41.1 Å². The Labute approximate surface area is 119 Å². The number of carbonyl (C=O) groups is 1. The zero-order valence-electron chi connectivity index (χ0n) is 11.1. The predicted molar refractivity (Wildman–Crippen MR) is 71.6 cm³/mol. The lowest BCUT2D eigenvalue weighted by Crippen LogP contribution is -2.32. The molecule has 0 aliphatic carbocycles. The molecule has 1 aliphatic heterocycles. The van der Waals surface area contributed by atoms with Gasteiger partial charge in [-0.1, -0.05) is 12.6 Å². The molecule has 2 N–H and O–H groups in total. The Kier molecular flexibility index (Phi) is 4.22. The van der Waals surface area contributed by atoms with Crippen molar-refractivity contribution >= 4 is 11.6 Å². The van der Waals surface area contributed by atoms with Crippen molar-refractivity contribution in [3.63, 3.8) is 0 Å². The number of alkyl halides is 3. The van der Waals surface area contributed by atoms with Crippen molar-refractivity contribution in [1.29, 1.82) is 0 Å². The van der Waals surface area contributed by atoms with Gasteiger partial charge in [0.2, 0.25) is 5.91 Å². The van der Waals surface area contributed by atoms with E-state index in [4.69, 9.17) is 0 Å². The van der Waals surface area contributed by atoms with Crippen LogP contribution in [-0.2, 0) is 11.0 Å². The Morgan fingerprint density at radius 1 is 1.43 bits per heavy atom. The largest absolute Gasteiger partial charge is 0.416 e. The highest BCUT2D eigenvalue weighted by atomic mass is 19.4. The molecule has 114 valence electrons. The molecule has 0 aromatic heterocycles. The van der Waals surface area contributed by atoms with Crippen LogP contribution in [0.3, 0.4) is 0 Å². The summed E-state index contributed by atoms with van der Waals surface area (Å²) in [4.78, 5) is 12.9. The van der Waals surface area contributed by atoms with Gasteiger partial charge in [-0.25, -0.2) is 0 Å². The number of aliphatic hydroxyl groups excluding tert-OH is 1. The number of halogens is 3. The Morgan fingerprint density at radius 3 is 2.76 bits per heavy atom. The average Bonchev–Trinajstić information content (AvgIpc) is 2.79. The van der Waals surface area contributed by atoms with E-state index < -0.39 is 23.9 Å². The van der Waals surface area contributed by atoms with Gasteiger partial charge in [0.1, 0.15) is 0 Å². The van der Waals surface area contributed by atoms with Gasteiger partial charge in [0, 0.05) is 18.8 Å². The summed E-state index contributed by atoms with van der Waals surface area (Å²) in [7, 11) is 0. The lowest BCUT2D eigenvalue weighted by atomic mass is 10.1. The van der Waals surface area contributed by atoms with Crippen LogP contribution in [0.4, 0.5) is 18.9 Å². The second-order valence-electron chi connectivity index (χ2n) is 4.84. The first-order valence-electron chi connectivity index (χ1n) is 6.34. The fourth-order valence-electron chi connectivity index (χ4n) is 2.24. The van der Waals surface area contributed by atoms with Gasteiger partial charge in [-0.15, -0.1) is 0 Å². The van der Waals surface area contributed by atoms with Gasteiger partial charge in [0.15, 0.2) is 0 Å². The van der Waals surface area contributed by atoms with E-state index in [1.807, 2.05) is 0 Å². The molecule has 0 spiro atoms. The molecule has 1 aromatic rings. The minimum absolute atomic E-state index is 0.126. The Balaban J connectivity index is 2.09. The minimum atomic E-state index is -4.42. The summed E-state index contributed by atoms with van der Waals surface area (Å²) < 4.78 is 37.9. The monoisotopic (exact) mass is 300 g/mol. The zero-order valence-corrected chi connectivity index (χ0v) is 11.1. The highest BCUT2D eigenvalue weighted by Gasteiger charge is 2.34. The average molecular weight is 300 g/mol. The zero-order chi connectivity index (χ0) is 15.6. The number of hydrogen-bond donors (Lipinski definition) is 2. The third-order valence-electron chi connectivity index (χ3n) is 3.32. The molecule has 1 aromatic carbocycles. The van der Waals surface area contributed by atoms with Crippen LogP contribution in [0.15, 0.2) is 36.9 Å². The van der Waals surface area contributed by atoms with E-state index in [1.165, 1.54) is 17.0 Å². The van der Waals surface area contributed by atoms with Crippen molar-refractivity contribution in [2.75, 3.05) is 18.4 Å². The SMILES string of the molecule is C=CC(=O)N1C[C@@H](O)[C@H](Nc2cccc(C(F)(F)F)c2)C1. The van der Waals surface area contributed by atoms with Gasteiger partial charge in [-0.2, -0.15) is 13.2 Å². The number of carbonyl (C=O) groups excluding carboxylic acids is 1. The van der Waals surface area contributed by atoms with Crippen LogP contribution >= 0.6 is 0 Å². The molecule has 2 atom stereocenters. The number of nitrogens with one attached hydrogen (secondary N) is 1. The van der Waals surface area contributed by atoms with Gasteiger partial charge in [-0.3, -0.25) is 4.79 Å². The minimum Gasteiger partial charge on any atom is -0.389 e. The fourth-order valence-corrected chi connectivity index (χ4v) is 2.24. The van der Waals surface area contributed by atoms with Crippen LogP contribution in [0, 0.1) is 0 Å². The molecule has 0 unspecified atom stereocenters. The van der Waals surface area contributed by atoms with Gasteiger partial charge in [0.05, 0.1) is 17.7 Å². The van der Waals surface area contributed by atoms with Gasteiger partial charge >= 0.3 is 6.18 Å². The van der Waals surface area contributed by atoms with Crippen molar-refractivity contribution < 1.29 is 23.1 Å². The smallest absolute Gasteiger partial charge is 0.389 e.